The quantitative estimate of drug-likeness (QED) is 0.580. The fourth-order valence-corrected chi connectivity index (χ4v) is 2.23. The van der Waals surface area contributed by atoms with E-state index in [0.717, 1.165) is 0 Å². The Kier molecular flexibility index (Phi) is 2.07. The van der Waals surface area contributed by atoms with E-state index < -0.39 is 0 Å². The molecule has 72 valence electrons. The van der Waals surface area contributed by atoms with E-state index in [0.29, 0.717) is 0 Å². The van der Waals surface area contributed by atoms with E-state index in [1.807, 2.05) is 0 Å². The Morgan fingerprint density at radius 3 is 2.36 bits per heavy atom. The van der Waals surface area contributed by atoms with Crippen LogP contribution in [0.3, 0.4) is 0 Å². The summed E-state index contributed by atoms with van der Waals surface area (Å²) >= 11 is 0. The molecule has 0 fully saturated rings. The van der Waals surface area contributed by atoms with Gasteiger partial charge in [-0.3, -0.25) is 0 Å². The zero-order valence-corrected chi connectivity index (χ0v) is 9.31. The molecule has 2 rings (SSSR count). The minimum atomic E-state index is 1.37. The summed E-state index contributed by atoms with van der Waals surface area (Å²) in [5.74, 6) is 0. The molecule has 0 aliphatic heterocycles. The van der Waals surface area contributed by atoms with E-state index in [2.05, 4.69) is 52.0 Å². The van der Waals surface area contributed by atoms with E-state index in [-0.39, 0.29) is 0 Å². The Balaban J connectivity index is 3.08. The van der Waals surface area contributed by atoms with Crippen LogP contribution in [-0.4, -0.2) is 0 Å². The average Bonchev–Trinajstić information content (AvgIpc) is 2.47. The second-order valence-corrected chi connectivity index (χ2v) is 4.24. The van der Waals surface area contributed by atoms with Crippen molar-refractivity contribution in [2.75, 3.05) is 0 Å². The Bertz CT molecular complexity index is 524. The third kappa shape index (κ3) is 1.22. The van der Waals surface area contributed by atoms with Gasteiger partial charge < -0.3 is 0 Å². The number of hydrogen-bond donors (Lipinski definition) is 0. The van der Waals surface area contributed by atoms with Gasteiger partial charge in [-0.05, 0) is 54.8 Å². The molecule has 0 aromatic heterocycles. The highest BCUT2D eigenvalue weighted by Gasteiger charge is 2.05. The van der Waals surface area contributed by atoms with Gasteiger partial charge in [0.05, 0.1) is 0 Å². The molecular formula is C14H16. The first-order valence-corrected chi connectivity index (χ1v) is 5.07. The van der Waals surface area contributed by atoms with Crippen molar-refractivity contribution in [3.05, 3.63) is 39.8 Å². The van der Waals surface area contributed by atoms with Crippen molar-refractivity contribution in [1.82, 2.24) is 0 Å². The zero-order chi connectivity index (χ0) is 10.3. The molecule has 0 heteroatoms. The summed E-state index contributed by atoms with van der Waals surface area (Å²) in [6.07, 6.45) is 4.41. The summed E-state index contributed by atoms with van der Waals surface area (Å²) in [4.78, 5) is 0. The van der Waals surface area contributed by atoms with Crippen LogP contribution in [0, 0.1) is 6.92 Å². The van der Waals surface area contributed by atoms with Gasteiger partial charge in [-0.15, -0.1) is 0 Å². The second-order valence-electron chi connectivity index (χ2n) is 4.24. The maximum atomic E-state index is 2.21. The molecule has 0 N–H and O–H groups in total. The summed E-state index contributed by atoms with van der Waals surface area (Å²) in [6, 6.07) is 4.42. The first-order valence-electron chi connectivity index (χ1n) is 5.07. The van der Waals surface area contributed by atoms with Gasteiger partial charge in [0.1, 0.15) is 0 Å². The zero-order valence-electron chi connectivity index (χ0n) is 9.31. The van der Waals surface area contributed by atoms with Gasteiger partial charge in [0.25, 0.3) is 0 Å². The number of aryl methyl sites for hydroxylation is 1. The topological polar surface area (TPSA) is 0 Å². The Morgan fingerprint density at radius 2 is 1.71 bits per heavy atom. The molecule has 0 bridgehead atoms. The van der Waals surface area contributed by atoms with Crippen molar-refractivity contribution in [3.8, 4) is 0 Å². The van der Waals surface area contributed by atoms with Crippen LogP contribution >= 0.6 is 0 Å². The molecule has 1 aliphatic rings. The predicted molar refractivity (Wildman–Crippen MR) is 63.3 cm³/mol. The minimum Gasteiger partial charge on any atom is -0.0683 e. The standard InChI is InChI=1S/C14H16/c1-9(2)13-10(3)5-7-12-8-6-11(4)14(12)13/h5-8H,1-4H3. The first-order chi connectivity index (χ1) is 6.61. The smallest absolute Gasteiger partial charge is 0.00801 e. The van der Waals surface area contributed by atoms with Gasteiger partial charge in [-0.25, -0.2) is 0 Å². The first kappa shape index (κ1) is 9.26. The molecule has 0 unspecified atom stereocenters. The summed E-state index contributed by atoms with van der Waals surface area (Å²) < 4.78 is 0. The lowest BCUT2D eigenvalue weighted by molar-refractivity contribution is 1.31. The lowest BCUT2D eigenvalue weighted by Gasteiger charge is -2.02. The number of rotatable bonds is 0. The molecule has 1 aromatic carbocycles. The van der Waals surface area contributed by atoms with Gasteiger partial charge in [-0.1, -0.05) is 29.9 Å². The molecule has 0 heterocycles. The summed E-state index contributed by atoms with van der Waals surface area (Å²) in [6.45, 7) is 8.75. The second kappa shape index (κ2) is 3.13. The molecule has 0 nitrogen and oxygen atoms in total. The average molecular weight is 184 g/mol. The fourth-order valence-electron chi connectivity index (χ4n) is 2.23. The number of fused-ring (bicyclic) bond motifs is 1. The molecule has 0 saturated heterocycles. The van der Waals surface area contributed by atoms with Crippen molar-refractivity contribution in [2.24, 2.45) is 0 Å². The number of allylic oxidation sites excluding steroid dienone is 1. The van der Waals surface area contributed by atoms with Crippen molar-refractivity contribution in [1.29, 1.82) is 0 Å². The molecule has 0 saturated carbocycles. The third-order valence-corrected chi connectivity index (χ3v) is 2.85. The molecule has 0 atom stereocenters. The number of benzene rings is 1. The highest BCUT2D eigenvalue weighted by atomic mass is 14.1. The van der Waals surface area contributed by atoms with Gasteiger partial charge in [0.15, 0.2) is 0 Å². The maximum absolute atomic E-state index is 2.21. The summed E-state index contributed by atoms with van der Waals surface area (Å²) in [5, 5.41) is 2.87. The van der Waals surface area contributed by atoms with Gasteiger partial charge >= 0.3 is 0 Å². The lowest BCUT2D eigenvalue weighted by Crippen LogP contribution is -2.31. The van der Waals surface area contributed by atoms with Crippen LogP contribution in [0.25, 0.3) is 17.2 Å². The molecule has 0 spiro atoms. The van der Waals surface area contributed by atoms with Crippen molar-refractivity contribution in [3.63, 3.8) is 0 Å². The maximum Gasteiger partial charge on any atom is -0.00801 e. The van der Waals surface area contributed by atoms with Crippen LogP contribution in [0.15, 0.2) is 18.2 Å². The van der Waals surface area contributed by atoms with E-state index >= 15 is 0 Å². The molecular weight excluding hydrogens is 168 g/mol. The fraction of sp³-hybridized carbons (Fsp3) is 0.286. The van der Waals surface area contributed by atoms with Crippen LogP contribution < -0.4 is 10.4 Å². The van der Waals surface area contributed by atoms with E-state index in [4.69, 9.17) is 0 Å². The van der Waals surface area contributed by atoms with Gasteiger partial charge in [0.2, 0.25) is 0 Å². The molecule has 1 aromatic rings. The summed E-state index contributed by atoms with van der Waals surface area (Å²) in [7, 11) is 0. The molecule has 0 amide bonds. The van der Waals surface area contributed by atoms with E-state index in [9.17, 15) is 0 Å². The normalized spacial score (nSPS) is 13.3. The highest BCUT2D eigenvalue weighted by molar-refractivity contribution is 5.75. The summed E-state index contributed by atoms with van der Waals surface area (Å²) in [5.41, 5.74) is 5.54. The monoisotopic (exact) mass is 184 g/mol. The van der Waals surface area contributed by atoms with Gasteiger partial charge in [-0.2, -0.15) is 0 Å². The minimum absolute atomic E-state index is 1.37. The predicted octanol–water partition coefficient (Wildman–Crippen LogP) is 2.38. The SMILES string of the molecule is CC(C)=c1c(C)ccc2c1=C(C)C=C2. The van der Waals surface area contributed by atoms with E-state index in [1.54, 1.807) is 0 Å². The lowest BCUT2D eigenvalue weighted by atomic mass is 10.0. The molecule has 14 heavy (non-hydrogen) atoms. The highest BCUT2D eigenvalue weighted by Crippen LogP contribution is 2.08. The third-order valence-electron chi connectivity index (χ3n) is 2.85. The van der Waals surface area contributed by atoms with E-state index in [1.165, 1.54) is 32.7 Å². The Hall–Kier alpha value is -1.30. The largest absolute Gasteiger partial charge is 0.0683 e. The Morgan fingerprint density at radius 1 is 1.00 bits per heavy atom. The van der Waals surface area contributed by atoms with Crippen LogP contribution in [0.5, 0.6) is 0 Å². The molecule has 1 aliphatic carbocycles. The molecule has 0 radical (unpaired) electrons. The van der Waals surface area contributed by atoms with Crippen molar-refractivity contribution >= 4 is 17.2 Å². The van der Waals surface area contributed by atoms with Crippen LogP contribution in [0.1, 0.15) is 31.9 Å². The van der Waals surface area contributed by atoms with Crippen molar-refractivity contribution in [2.45, 2.75) is 27.7 Å². The van der Waals surface area contributed by atoms with Crippen LogP contribution in [0.4, 0.5) is 0 Å². The van der Waals surface area contributed by atoms with Crippen LogP contribution in [-0.2, 0) is 0 Å². The van der Waals surface area contributed by atoms with Crippen LogP contribution in [0.2, 0.25) is 0 Å². The van der Waals surface area contributed by atoms with Crippen molar-refractivity contribution < 1.29 is 0 Å². The number of hydrogen-bond acceptors (Lipinski definition) is 0. The van der Waals surface area contributed by atoms with Gasteiger partial charge in [0, 0.05) is 0 Å². The Labute approximate surface area is 85.3 Å².